The van der Waals surface area contributed by atoms with Crippen molar-refractivity contribution in [3.05, 3.63) is 155 Å². The van der Waals surface area contributed by atoms with Crippen LogP contribution in [0.1, 0.15) is 47.2 Å². The van der Waals surface area contributed by atoms with Crippen molar-refractivity contribution in [1.82, 2.24) is 0 Å². The van der Waals surface area contributed by atoms with Gasteiger partial charge in [0.2, 0.25) is 0 Å². The van der Waals surface area contributed by atoms with E-state index in [2.05, 4.69) is 135 Å². The first-order valence-corrected chi connectivity index (χ1v) is 13.4. The monoisotopic (exact) mass is 476 g/mol. The van der Waals surface area contributed by atoms with Crippen LogP contribution < -0.4 is 0 Å². The van der Waals surface area contributed by atoms with Crippen molar-refractivity contribution in [3.63, 3.8) is 0 Å². The van der Waals surface area contributed by atoms with Gasteiger partial charge in [0, 0.05) is 0 Å². The zero-order valence-electron chi connectivity index (χ0n) is 22.0. The molecule has 6 aromatic rings. The molecule has 0 saturated heterocycles. The normalized spacial score (nSPS) is 13.1. The Morgan fingerprint density at radius 2 is 0.784 bits per heavy atom. The van der Waals surface area contributed by atoms with E-state index in [1.807, 2.05) is 13.8 Å². The Morgan fingerprint density at radius 3 is 1.24 bits per heavy atom. The molecular weight excluding hydrogens is 444 g/mol. The SMILES string of the molecule is CC.Cc1ccc2cc(C3(c4ccc5cc(C)ccc5c4)c4ccccc4-c4ccccc43)ccc2c1. The highest BCUT2D eigenvalue weighted by molar-refractivity contribution is 5.91. The molecule has 0 saturated carbocycles. The van der Waals surface area contributed by atoms with Crippen molar-refractivity contribution in [1.29, 1.82) is 0 Å². The second-order valence-electron chi connectivity index (χ2n) is 9.97. The maximum absolute atomic E-state index is 2.41. The summed E-state index contributed by atoms with van der Waals surface area (Å²) >= 11 is 0. The zero-order valence-corrected chi connectivity index (χ0v) is 22.0. The highest BCUT2D eigenvalue weighted by atomic mass is 14.5. The minimum absolute atomic E-state index is 0.370. The molecule has 180 valence electrons. The molecular formula is C37H32. The van der Waals surface area contributed by atoms with Gasteiger partial charge in [-0.3, -0.25) is 0 Å². The predicted octanol–water partition coefficient (Wildman–Crippen LogP) is 10.00. The Kier molecular flexibility index (Phi) is 5.69. The van der Waals surface area contributed by atoms with E-state index in [1.54, 1.807) is 0 Å². The third kappa shape index (κ3) is 3.51. The second kappa shape index (κ2) is 9.05. The number of fused-ring (bicyclic) bond motifs is 5. The average Bonchev–Trinajstić information content (AvgIpc) is 3.25. The summed E-state index contributed by atoms with van der Waals surface area (Å²) < 4.78 is 0. The summed E-state index contributed by atoms with van der Waals surface area (Å²) in [6.45, 7) is 8.32. The van der Waals surface area contributed by atoms with E-state index < -0.39 is 0 Å². The summed E-state index contributed by atoms with van der Waals surface area (Å²) in [5.41, 5.74) is 10.2. The molecule has 0 heteroatoms. The van der Waals surface area contributed by atoms with Crippen LogP contribution in [0, 0.1) is 13.8 Å². The van der Waals surface area contributed by atoms with Gasteiger partial charge in [0.05, 0.1) is 5.41 Å². The molecule has 6 aromatic carbocycles. The van der Waals surface area contributed by atoms with Gasteiger partial charge in [-0.05, 0) is 80.9 Å². The standard InChI is InChI=1S/C35H26.C2H6/c1-23-11-13-27-21-29(17-15-25(27)19-23)35(30-18-16-26-20-24(2)12-14-28(26)22-30)33-9-5-3-7-31(33)32-8-4-6-10-34(32)35;1-2/h3-22H,1-2H3;1-2H3. The van der Waals surface area contributed by atoms with E-state index in [1.165, 1.54) is 66.1 Å². The van der Waals surface area contributed by atoms with E-state index in [9.17, 15) is 0 Å². The first-order chi connectivity index (χ1) is 18.1. The molecule has 0 N–H and O–H groups in total. The molecule has 0 bridgehead atoms. The van der Waals surface area contributed by atoms with E-state index in [4.69, 9.17) is 0 Å². The highest BCUT2D eigenvalue weighted by Gasteiger charge is 2.45. The molecule has 0 radical (unpaired) electrons. The lowest BCUT2D eigenvalue weighted by Crippen LogP contribution is -2.28. The van der Waals surface area contributed by atoms with Crippen LogP contribution in [0.4, 0.5) is 0 Å². The minimum Gasteiger partial charge on any atom is -0.0683 e. The fourth-order valence-electron chi connectivity index (χ4n) is 6.22. The average molecular weight is 477 g/mol. The summed E-state index contributed by atoms with van der Waals surface area (Å²) in [6.07, 6.45) is 0. The first-order valence-electron chi connectivity index (χ1n) is 13.4. The highest BCUT2D eigenvalue weighted by Crippen LogP contribution is 2.56. The maximum Gasteiger partial charge on any atom is 0.0714 e. The topological polar surface area (TPSA) is 0 Å². The van der Waals surface area contributed by atoms with Gasteiger partial charge in [-0.25, -0.2) is 0 Å². The Bertz CT molecular complexity index is 1640. The largest absolute Gasteiger partial charge is 0.0714 e. The van der Waals surface area contributed by atoms with Crippen LogP contribution in [-0.4, -0.2) is 0 Å². The van der Waals surface area contributed by atoms with Gasteiger partial charge in [-0.2, -0.15) is 0 Å². The van der Waals surface area contributed by atoms with Crippen molar-refractivity contribution in [2.75, 3.05) is 0 Å². The van der Waals surface area contributed by atoms with Crippen LogP contribution in [0.15, 0.2) is 121 Å². The van der Waals surface area contributed by atoms with Gasteiger partial charge in [-0.1, -0.05) is 134 Å². The van der Waals surface area contributed by atoms with Crippen molar-refractivity contribution < 1.29 is 0 Å². The minimum atomic E-state index is -0.370. The molecule has 1 aliphatic carbocycles. The zero-order chi connectivity index (χ0) is 25.6. The summed E-state index contributed by atoms with van der Waals surface area (Å²) in [4.78, 5) is 0. The molecule has 0 fully saturated rings. The van der Waals surface area contributed by atoms with Crippen molar-refractivity contribution in [2.24, 2.45) is 0 Å². The van der Waals surface area contributed by atoms with Gasteiger partial charge >= 0.3 is 0 Å². The van der Waals surface area contributed by atoms with E-state index in [0.717, 1.165) is 0 Å². The smallest absolute Gasteiger partial charge is 0.0683 e. The number of hydrogen-bond acceptors (Lipinski definition) is 0. The summed E-state index contributed by atoms with van der Waals surface area (Å²) in [5, 5.41) is 5.14. The van der Waals surface area contributed by atoms with Crippen LogP contribution in [0.2, 0.25) is 0 Å². The van der Waals surface area contributed by atoms with Crippen LogP contribution in [0.5, 0.6) is 0 Å². The second-order valence-corrected chi connectivity index (χ2v) is 9.97. The molecule has 0 nitrogen and oxygen atoms in total. The number of rotatable bonds is 2. The lowest BCUT2D eigenvalue weighted by molar-refractivity contribution is 0.771. The van der Waals surface area contributed by atoms with Crippen molar-refractivity contribution in [3.8, 4) is 11.1 Å². The van der Waals surface area contributed by atoms with E-state index >= 15 is 0 Å². The van der Waals surface area contributed by atoms with E-state index in [0.29, 0.717) is 0 Å². The number of benzene rings is 6. The molecule has 7 rings (SSSR count). The Balaban J connectivity index is 0.00000123. The van der Waals surface area contributed by atoms with Gasteiger partial charge < -0.3 is 0 Å². The molecule has 0 spiro atoms. The fraction of sp³-hybridized carbons (Fsp3) is 0.135. The van der Waals surface area contributed by atoms with Gasteiger partial charge in [0.1, 0.15) is 0 Å². The first kappa shape index (κ1) is 23.3. The quantitative estimate of drug-likeness (QED) is 0.233. The van der Waals surface area contributed by atoms with Gasteiger partial charge in [0.25, 0.3) is 0 Å². The molecule has 0 atom stereocenters. The maximum atomic E-state index is 2.41. The lowest BCUT2D eigenvalue weighted by atomic mass is 9.67. The summed E-state index contributed by atoms with van der Waals surface area (Å²) in [6, 6.07) is 45.6. The number of hydrogen-bond donors (Lipinski definition) is 0. The fourth-order valence-corrected chi connectivity index (χ4v) is 6.22. The van der Waals surface area contributed by atoms with Crippen molar-refractivity contribution >= 4 is 21.5 Å². The molecule has 0 aliphatic heterocycles. The van der Waals surface area contributed by atoms with Crippen LogP contribution >= 0.6 is 0 Å². The van der Waals surface area contributed by atoms with Gasteiger partial charge in [0.15, 0.2) is 0 Å². The Hall–Kier alpha value is -4.16. The van der Waals surface area contributed by atoms with Gasteiger partial charge in [-0.15, -0.1) is 0 Å². The van der Waals surface area contributed by atoms with Crippen LogP contribution in [0.3, 0.4) is 0 Å². The third-order valence-corrected chi connectivity index (χ3v) is 7.81. The Morgan fingerprint density at radius 1 is 0.405 bits per heavy atom. The van der Waals surface area contributed by atoms with Crippen LogP contribution in [-0.2, 0) is 5.41 Å². The molecule has 0 aromatic heterocycles. The predicted molar refractivity (Wildman–Crippen MR) is 160 cm³/mol. The molecule has 0 heterocycles. The summed E-state index contributed by atoms with van der Waals surface area (Å²) in [7, 11) is 0. The molecule has 0 amide bonds. The summed E-state index contributed by atoms with van der Waals surface area (Å²) in [5.74, 6) is 0. The molecule has 1 aliphatic rings. The Labute approximate surface area is 220 Å². The molecule has 37 heavy (non-hydrogen) atoms. The number of aryl methyl sites for hydroxylation is 2. The van der Waals surface area contributed by atoms with Crippen LogP contribution in [0.25, 0.3) is 32.7 Å². The molecule has 0 unspecified atom stereocenters. The van der Waals surface area contributed by atoms with Crippen molar-refractivity contribution in [2.45, 2.75) is 33.1 Å². The van der Waals surface area contributed by atoms with E-state index in [-0.39, 0.29) is 5.41 Å². The third-order valence-electron chi connectivity index (χ3n) is 7.81. The lowest BCUT2D eigenvalue weighted by Gasteiger charge is -2.34.